The van der Waals surface area contributed by atoms with E-state index in [4.69, 9.17) is 4.74 Å². The first kappa shape index (κ1) is 20.1. The molecule has 1 saturated heterocycles. The van der Waals surface area contributed by atoms with Crippen LogP contribution in [-0.2, 0) is 23.9 Å². The van der Waals surface area contributed by atoms with E-state index in [1.165, 1.54) is 5.57 Å². The van der Waals surface area contributed by atoms with Gasteiger partial charge in [0, 0.05) is 13.1 Å². The molecule has 4 rings (SSSR count). The van der Waals surface area contributed by atoms with Gasteiger partial charge in [-0.15, -0.1) is 0 Å². The maximum atomic E-state index is 12.4. The predicted molar refractivity (Wildman–Crippen MR) is 109 cm³/mol. The molecule has 0 spiro atoms. The Hall–Kier alpha value is -3.22. The third kappa shape index (κ3) is 4.06. The molecule has 1 fully saturated rings. The van der Waals surface area contributed by atoms with Crippen molar-refractivity contribution in [1.82, 2.24) is 9.80 Å². The number of likely N-dealkylation sites (tertiary alicyclic amines) is 1. The molecule has 1 aliphatic carbocycles. The van der Waals surface area contributed by atoms with Crippen LogP contribution in [-0.4, -0.2) is 59.7 Å². The van der Waals surface area contributed by atoms with Gasteiger partial charge in [0.1, 0.15) is 6.54 Å². The molecule has 156 valence electrons. The molecule has 2 aliphatic heterocycles. The Morgan fingerprint density at radius 3 is 2.27 bits per heavy atom. The zero-order valence-electron chi connectivity index (χ0n) is 16.7. The third-order valence-electron chi connectivity index (χ3n) is 5.95. The molecule has 0 unspecified atom stereocenters. The molecule has 2 heterocycles. The van der Waals surface area contributed by atoms with E-state index in [2.05, 4.69) is 0 Å². The van der Waals surface area contributed by atoms with Gasteiger partial charge in [-0.1, -0.05) is 48.6 Å². The maximum Gasteiger partial charge on any atom is 0.326 e. The van der Waals surface area contributed by atoms with Crippen molar-refractivity contribution < 1.29 is 23.9 Å². The smallest absolute Gasteiger partial charge is 0.326 e. The van der Waals surface area contributed by atoms with Crippen molar-refractivity contribution in [2.45, 2.75) is 19.3 Å². The van der Waals surface area contributed by atoms with Crippen molar-refractivity contribution in [3.8, 4) is 0 Å². The summed E-state index contributed by atoms with van der Waals surface area (Å²) in [5.41, 5.74) is 2.34. The van der Waals surface area contributed by atoms with Gasteiger partial charge in [-0.2, -0.15) is 0 Å². The van der Waals surface area contributed by atoms with Crippen LogP contribution < -0.4 is 0 Å². The number of amides is 3. The van der Waals surface area contributed by atoms with Crippen LogP contribution in [0.2, 0.25) is 0 Å². The first-order valence-corrected chi connectivity index (χ1v) is 10.2. The lowest BCUT2D eigenvalue weighted by Gasteiger charge is -2.26. The van der Waals surface area contributed by atoms with Gasteiger partial charge < -0.3 is 9.64 Å². The number of hydrogen-bond donors (Lipinski definition) is 0. The molecule has 1 aromatic rings. The van der Waals surface area contributed by atoms with E-state index in [-0.39, 0.29) is 29.6 Å². The van der Waals surface area contributed by atoms with Crippen LogP contribution in [0.4, 0.5) is 0 Å². The summed E-state index contributed by atoms with van der Waals surface area (Å²) in [5, 5.41) is 0. The fourth-order valence-electron chi connectivity index (χ4n) is 4.24. The number of fused-ring (bicyclic) bond motifs is 1. The first-order valence-electron chi connectivity index (χ1n) is 10.2. The molecule has 0 radical (unpaired) electrons. The quantitative estimate of drug-likeness (QED) is 0.421. The van der Waals surface area contributed by atoms with Gasteiger partial charge in [-0.25, -0.2) is 0 Å². The minimum absolute atomic E-state index is 0.288. The highest BCUT2D eigenvalue weighted by molar-refractivity contribution is 6.07. The van der Waals surface area contributed by atoms with E-state index in [0.29, 0.717) is 25.9 Å². The second-order valence-corrected chi connectivity index (χ2v) is 7.76. The summed E-state index contributed by atoms with van der Waals surface area (Å²) >= 11 is 0. The van der Waals surface area contributed by atoms with Gasteiger partial charge in [0.05, 0.1) is 11.8 Å². The van der Waals surface area contributed by atoms with Gasteiger partial charge >= 0.3 is 5.97 Å². The normalized spacial score (nSPS) is 23.3. The Kier molecular flexibility index (Phi) is 5.79. The Balaban J connectivity index is 1.26. The second-order valence-electron chi connectivity index (χ2n) is 7.76. The minimum Gasteiger partial charge on any atom is -0.454 e. The van der Waals surface area contributed by atoms with Crippen molar-refractivity contribution in [2.24, 2.45) is 11.8 Å². The van der Waals surface area contributed by atoms with Crippen molar-refractivity contribution in [1.29, 1.82) is 0 Å². The molecule has 7 heteroatoms. The molecule has 3 amide bonds. The van der Waals surface area contributed by atoms with Crippen molar-refractivity contribution in [2.75, 3.05) is 26.2 Å². The molecule has 0 bridgehead atoms. The average Bonchev–Trinajstić information content (AvgIpc) is 3.03. The highest BCUT2D eigenvalue weighted by Gasteiger charge is 2.47. The molecule has 3 aliphatic rings. The molecule has 1 aromatic carbocycles. The van der Waals surface area contributed by atoms with Crippen LogP contribution in [0, 0.1) is 11.8 Å². The lowest BCUT2D eigenvalue weighted by Crippen LogP contribution is -2.40. The third-order valence-corrected chi connectivity index (χ3v) is 5.95. The zero-order chi connectivity index (χ0) is 21.1. The molecular weight excluding hydrogens is 384 g/mol. The standard InChI is InChI=1S/C23H24N2O5/c26-20(24-12-10-17(11-13-24)16-6-2-1-3-7-16)15-30-21(27)14-25-22(28)18-8-4-5-9-19(18)23(25)29/h1-7,10,18-19H,8-9,11-15H2/t18-,19-/m1/s1. The summed E-state index contributed by atoms with van der Waals surface area (Å²) < 4.78 is 5.07. The first-order chi connectivity index (χ1) is 14.5. The van der Waals surface area contributed by atoms with Crippen molar-refractivity contribution >= 4 is 29.3 Å². The number of carbonyl (C=O) groups excluding carboxylic acids is 4. The van der Waals surface area contributed by atoms with E-state index in [0.717, 1.165) is 16.9 Å². The van der Waals surface area contributed by atoms with Crippen LogP contribution in [0.25, 0.3) is 5.57 Å². The largest absolute Gasteiger partial charge is 0.454 e. The van der Waals surface area contributed by atoms with Gasteiger partial charge in [-0.3, -0.25) is 24.1 Å². The number of imide groups is 1. The minimum atomic E-state index is -0.741. The van der Waals surface area contributed by atoms with E-state index < -0.39 is 19.1 Å². The number of allylic oxidation sites excluding steroid dienone is 2. The summed E-state index contributed by atoms with van der Waals surface area (Å²) in [6.45, 7) is 0.185. The zero-order valence-corrected chi connectivity index (χ0v) is 16.7. The Morgan fingerprint density at radius 1 is 1.00 bits per heavy atom. The Morgan fingerprint density at radius 2 is 1.67 bits per heavy atom. The van der Waals surface area contributed by atoms with E-state index >= 15 is 0 Å². The van der Waals surface area contributed by atoms with Crippen molar-refractivity contribution in [3.63, 3.8) is 0 Å². The summed E-state index contributed by atoms with van der Waals surface area (Å²) in [7, 11) is 0. The number of carbonyl (C=O) groups is 4. The molecular formula is C23H24N2O5. The molecule has 0 N–H and O–H groups in total. The van der Waals surface area contributed by atoms with Gasteiger partial charge in [-0.05, 0) is 30.4 Å². The summed E-state index contributed by atoms with van der Waals surface area (Å²) in [5.74, 6) is -2.44. The molecule has 0 saturated carbocycles. The molecule has 7 nitrogen and oxygen atoms in total. The number of nitrogens with zero attached hydrogens (tertiary/aromatic N) is 2. The van der Waals surface area contributed by atoms with Gasteiger partial charge in [0.25, 0.3) is 5.91 Å². The molecule has 0 aromatic heterocycles. The predicted octanol–water partition coefficient (Wildman–Crippen LogP) is 1.80. The van der Waals surface area contributed by atoms with Crippen LogP contribution in [0.3, 0.4) is 0 Å². The number of ether oxygens (including phenoxy) is 1. The molecule has 2 atom stereocenters. The summed E-state index contributed by atoms with van der Waals surface area (Å²) in [6.07, 6.45) is 7.57. The summed E-state index contributed by atoms with van der Waals surface area (Å²) in [4.78, 5) is 51.9. The fourth-order valence-corrected chi connectivity index (χ4v) is 4.24. The monoisotopic (exact) mass is 408 g/mol. The Labute approximate surface area is 175 Å². The van der Waals surface area contributed by atoms with Crippen molar-refractivity contribution in [3.05, 3.63) is 54.1 Å². The lowest BCUT2D eigenvalue weighted by molar-refractivity contribution is -0.156. The van der Waals surface area contributed by atoms with Crippen LogP contribution in [0.1, 0.15) is 24.8 Å². The topological polar surface area (TPSA) is 84.0 Å². The fraction of sp³-hybridized carbons (Fsp3) is 0.391. The average molecular weight is 408 g/mol. The van der Waals surface area contributed by atoms with E-state index in [9.17, 15) is 19.2 Å². The highest BCUT2D eigenvalue weighted by atomic mass is 16.5. The number of rotatable bonds is 5. The number of esters is 1. The van der Waals surface area contributed by atoms with Crippen LogP contribution >= 0.6 is 0 Å². The van der Waals surface area contributed by atoms with Crippen LogP contribution in [0.15, 0.2) is 48.6 Å². The SMILES string of the molecule is O=C(CN1C(=O)[C@@H]2CC=CC[C@H]2C1=O)OCC(=O)N1CC=C(c2ccccc2)CC1. The number of hydrogen-bond acceptors (Lipinski definition) is 5. The van der Waals surface area contributed by atoms with E-state index in [1.54, 1.807) is 4.90 Å². The molecule has 30 heavy (non-hydrogen) atoms. The number of benzene rings is 1. The maximum absolute atomic E-state index is 12.4. The lowest BCUT2D eigenvalue weighted by atomic mass is 9.85. The van der Waals surface area contributed by atoms with Gasteiger partial charge in [0.2, 0.25) is 11.8 Å². The van der Waals surface area contributed by atoms with Gasteiger partial charge in [0.15, 0.2) is 6.61 Å². The highest BCUT2D eigenvalue weighted by Crippen LogP contribution is 2.34. The van der Waals surface area contributed by atoms with Crippen LogP contribution in [0.5, 0.6) is 0 Å². The summed E-state index contributed by atoms with van der Waals surface area (Å²) in [6, 6.07) is 10.0. The Bertz CT molecular complexity index is 895. The second kappa shape index (κ2) is 8.65. The van der Waals surface area contributed by atoms with E-state index in [1.807, 2.05) is 48.6 Å².